The molecule has 3 heterocycles. The van der Waals surface area contributed by atoms with Crippen molar-refractivity contribution in [3.05, 3.63) is 51.9 Å². The predicted molar refractivity (Wildman–Crippen MR) is 89.1 cm³/mol. The molecule has 0 saturated heterocycles. The van der Waals surface area contributed by atoms with E-state index in [4.69, 9.17) is 11.6 Å². The molecule has 0 unspecified atom stereocenters. The summed E-state index contributed by atoms with van der Waals surface area (Å²) < 4.78 is 40.6. The molecule has 1 aromatic carbocycles. The number of fused-ring (bicyclic) bond motifs is 1. The van der Waals surface area contributed by atoms with E-state index in [-0.39, 0.29) is 10.7 Å². The van der Waals surface area contributed by atoms with Crippen LogP contribution < -0.4 is 5.32 Å². The number of alkyl halides is 3. The van der Waals surface area contributed by atoms with Gasteiger partial charge in [-0.1, -0.05) is 17.7 Å². The molecule has 0 radical (unpaired) electrons. The largest absolute Gasteiger partial charge is 0.416 e. The highest BCUT2D eigenvalue weighted by Crippen LogP contribution is 2.39. The number of nitrogens with one attached hydrogen (secondary N) is 1. The lowest BCUT2D eigenvalue weighted by atomic mass is 10.2. The number of nitrogens with zero attached hydrogens (tertiary/aromatic N) is 2. The van der Waals surface area contributed by atoms with E-state index in [1.807, 2.05) is 17.5 Å². The highest BCUT2D eigenvalue weighted by molar-refractivity contribution is 7.13. The summed E-state index contributed by atoms with van der Waals surface area (Å²) in [5, 5.41) is 9.91. The van der Waals surface area contributed by atoms with Gasteiger partial charge in [-0.15, -0.1) is 11.3 Å². The number of halogens is 4. The van der Waals surface area contributed by atoms with Crippen molar-refractivity contribution < 1.29 is 13.2 Å². The zero-order valence-electron chi connectivity index (χ0n) is 12.2. The lowest BCUT2D eigenvalue weighted by Crippen LogP contribution is -2.09. The van der Waals surface area contributed by atoms with Crippen LogP contribution in [0.1, 0.15) is 11.1 Å². The second kappa shape index (κ2) is 5.53. The third kappa shape index (κ3) is 2.48. The Kier molecular flexibility index (Phi) is 3.58. The fourth-order valence-electron chi connectivity index (χ4n) is 2.81. The van der Waals surface area contributed by atoms with Crippen LogP contribution >= 0.6 is 22.9 Å². The molecule has 124 valence electrons. The molecular weight excluding hydrogens is 359 g/mol. The minimum Gasteiger partial charge on any atom is -0.369 e. The molecule has 3 aromatic rings. The summed E-state index contributed by atoms with van der Waals surface area (Å²) in [5.74, 6) is 0.708. The second-order valence-corrected chi connectivity index (χ2v) is 6.76. The van der Waals surface area contributed by atoms with Gasteiger partial charge in [0.1, 0.15) is 11.5 Å². The summed E-state index contributed by atoms with van der Waals surface area (Å²) in [4.78, 5) is 0.983. The van der Waals surface area contributed by atoms with Crippen LogP contribution in [0.15, 0.2) is 35.7 Å². The van der Waals surface area contributed by atoms with E-state index in [0.717, 1.165) is 41.2 Å². The molecule has 4 rings (SSSR count). The summed E-state index contributed by atoms with van der Waals surface area (Å²) in [5.41, 5.74) is 1.27. The van der Waals surface area contributed by atoms with Crippen molar-refractivity contribution >= 4 is 28.8 Å². The molecule has 1 aliphatic heterocycles. The van der Waals surface area contributed by atoms with Crippen LogP contribution in [-0.2, 0) is 12.6 Å². The first-order valence-corrected chi connectivity index (χ1v) is 8.47. The highest BCUT2D eigenvalue weighted by atomic mass is 35.5. The summed E-state index contributed by atoms with van der Waals surface area (Å²) in [6, 6.07) is 7.14. The molecule has 0 saturated carbocycles. The van der Waals surface area contributed by atoms with Crippen molar-refractivity contribution in [3.8, 4) is 16.3 Å². The minimum atomic E-state index is -4.43. The summed E-state index contributed by atoms with van der Waals surface area (Å²) >= 11 is 7.71. The van der Waals surface area contributed by atoms with Gasteiger partial charge >= 0.3 is 6.18 Å². The van der Waals surface area contributed by atoms with Gasteiger partial charge in [0.2, 0.25) is 0 Å². The number of hydrogen-bond donors (Lipinski definition) is 1. The lowest BCUT2D eigenvalue weighted by molar-refractivity contribution is -0.137. The van der Waals surface area contributed by atoms with Crippen LogP contribution in [0.5, 0.6) is 0 Å². The van der Waals surface area contributed by atoms with E-state index < -0.39 is 11.7 Å². The number of anilines is 1. The van der Waals surface area contributed by atoms with E-state index >= 15 is 0 Å². The third-order valence-electron chi connectivity index (χ3n) is 3.91. The second-order valence-electron chi connectivity index (χ2n) is 5.41. The maximum Gasteiger partial charge on any atom is 0.416 e. The summed E-state index contributed by atoms with van der Waals surface area (Å²) in [7, 11) is 0. The Morgan fingerprint density at radius 1 is 1.25 bits per heavy atom. The molecule has 0 spiro atoms. The van der Waals surface area contributed by atoms with E-state index in [0.29, 0.717) is 5.82 Å². The molecule has 0 atom stereocenters. The highest BCUT2D eigenvalue weighted by Gasteiger charge is 2.32. The zero-order valence-corrected chi connectivity index (χ0v) is 13.8. The minimum absolute atomic E-state index is 0.222. The van der Waals surface area contributed by atoms with Crippen LogP contribution in [-0.4, -0.2) is 16.3 Å². The van der Waals surface area contributed by atoms with Gasteiger partial charge in [-0.2, -0.15) is 18.3 Å². The normalized spacial score (nSPS) is 13.8. The van der Waals surface area contributed by atoms with E-state index in [1.165, 1.54) is 10.7 Å². The van der Waals surface area contributed by atoms with Crippen molar-refractivity contribution in [1.29, 1.82) is 0 Å². The van der Waals surface area contributed by atoms with Gasteiger partial charge in [0.05, 0.1) is 21.2 Å². The maximum atomic E-state index is 13.0. The smallest absolute Gasteiger partial charge is 0.369 e. The molecule has 0 amide bonds. The quantitative estimate of drug-likeness (QED) is 0.669. The number of thiophene rings is 1. The monoisotopic (exact) mass is 369 g/mol. The Bertz CT molecular complexity index is 900. The number of hydrogen-bond acceptors (Lipinski definition) is 3. The van der Waals surface area contributed by atoms with Crippen LogP contribution in [0.2, 0.25) is 5.02 Å². The fraction of sp³-hybridized carbons (Fsp3) is 0.188. The Morgan fingerprint density at radius 3 is 2.79 bits per heavy atom. The molecule has 2 aromatic heterocycles. The first-order valence-electron chi connectivity index (χ1n) is 7.22. The first-order chi connectivity index (χ1) is 11.4. The Hall–Kier alpha value is -1.99. The van der Waals surface area contributed by atoms with Crippen molar-refractivity contribution in [2.24, 2.45) is 0 Å². The standard InChI is InChI=1S/C16H11ClF3N3S/c17-11-4-3-9(16(18,19)20)8-12(11)23-15-10(5-6-21-15)14(22-23)13-2-1-7-24-13/h1-4,7-8,21H,5-6H2. The Morgan fingerprint density at radius 2 is 2.08 bits per heavy atom. The topological polar surface area (TPSA) is 29.9 Å². The van der Waals surface area contributed by atoms with Crippen LogP contribution in [0, 0.1) is 0 Å². The van der Waals surface area contributed by atoms with Gasteiger partial charge in [0.25, 0.3) is 0 Å². The molecule has 8 heteroatoms. The van der Waals surface area contributed by atoms with Gasteiger partial charge in [0, 0.05) is 12.1 Å². The molecule has 24 heavy (non-hydrogen) atoms. The van der Waals surface area contributed by atoms with Crippen LogP contribution in [0.4, 0.5) is 19.0 Å². The average Bonchev–Trinajstić information content (AvgIpc) is 3.24. The average molecular weight is 370 g/mol. The van der Waals surface area contributed by atoms with E-state index in [2.05, 4.69) is 10.4 Å². The third-order valence-corrected chi connectivity index (χ3v) is 5.10. The SMILES string of the molecule is FC(F)(F)c1ccc(Cl)c(-n2nc(-c3cccs3)c3c2NCC3)c1. The van der Waals surface area contributed by atoms with Crippen molar-refractivity contribution in [3.63, 3.8) is 0 Å². The van der Waals surface area contributed by atoms with Gasteiger partial charge in [-0.3, -0.25) is 0 Å². The molecule has 0 fully saturated rings. The molecule has 0 aliphatic carbocycles. The maximum absolute atomic E-state index is 13.0. The van der Waals surface area contributed by atoms with E-state index in [9.17, 15) is 13.2 Å². The van der Waals surface area contributed by atoms with Crippen molar-refractivity contribution in [2.45, 2.75) is 12.6 Å². The lowest BCUT2D eigenvalue weighted by Gasteiger charge is -2.12. The first kappa shape index (κ1) is 15.5. The predicted octanol–water partition coefficient (Wildman–Crippen LogP) is 5.24. The molecule has 0 bridgehead atoms. The number of benzene rings is 1. The number of rotatable bonds is 2. The Labute approximate surface area is 144 Å². The van der Waals surface area contributed by atoms with E-state index in [1.54, 1.807) is 11.3 Å². The summed E-state index contributed by atoms with van der Waals surface area (Å²) in [6.07, 6.45) is -3.65. The fourth-order valence-corrected chi connectivity index (χ4v) is 3.75. The molecule has 3 nitrogen and oxygen atoms in total. The summed E-state index contributed by atoms with van der Waals surface area (Å²) in [6.45, 7) is 0.724. The Balaban J connectivity index is 1.91. The molecular formula is C16H11ClF3N3S. The zero-order chi connectivity index (χ0) is 16.9. The van der Waals surface area contributed by atoms with Gasteiger partial charge < -0.3 is 5.32 Å². The van der Waals surface area contributed by atoms with Crippen molar-refractivity contribution in [2.75, 3.05) is 11.9 Å². The molecule has 1 aliphatic rings. The van der Waals surface area contributed by atoms with Gasteiger partial charge in [-0.05, 0) is 36.1 Å². The van der Waals surface area contributed by atoms with Gasteiger partial charge in [-0.25, -0.2) is 4.68 Å². The molecule has 1 N–H and O–H groups in total. The van der Waals surface area contributed by atoms with Gasteiger partial charge in [0.15, 0.2) is 0 Å². The van der Waals surface area contributed by atoms with Crippen LogP contribution in [0.25, 0.3) is 16.3 Å². The van der Waals surface area contributed by atoms with Crippen molar-refractivity contribution in [1.82, 2.24) is 9.78 Å². The number of aromatic nitrogens is 2. The van der Waals surface area contributed by atoms with Crippen LogP contribution in [0.3, 0.4) is 0 Å².